The molecule has 2 heterocycles. The second-order valence-electron chi connectivity index (χ2n) is 7.31. The fourth-order valence-electron chi connectivity index (χ4n) is 3.14. The van der Waals surface area contributed by atoms with Crippen LogP contribution in [-0.2, 0) is 6.42 Å². The van der Waals surface area contributed by atoms with Crippen LogP contribution in [0, 0.1) is 0 Å². The van der Waals surface area contributed by atoms with Gasteiger partial charge in [0, 0.05) is 6.42 Å². The van der Waals surface area contributed by atoms with Crippen molar-refractivity contribution in [2.45, 2.75) is 19.8 Å². The van der Waals surface area contributed by atoms with Gasteiger partial charge in [0.1, 0.15) is 23.8 Å². The van der Waals surface area contributed by atoms with E-state index in [0.717, 1.165) is 34.6 Å². The van der Waals surface area contributed by atoms with E-state index < -0.39 is 5.56 Å². The third kappa shape index (κ3) is 5.35. The van der Waals surface area contributed by atoms with E-state index in [1.54, 1.807) is 12.2 Å². The zero-order valence-corrected chi connectivity index (χ0v) is 19.0. The molecular weight excluding hydrogens is 438 g/mol. The Morgan fingerprint density at radius 3 is 2.42 bits per heavy atom. The molecule has 7 nitrogen and oxygen atoms in total. The average Bonchev–Trinajstić information content (AvgIpc) is 3.12. The molecule has 0 N–H and O–H groups in total. The molecular formula is C25H23N3O4S. The Morgan fingerprint density at radius 2 is 1.73 bits per heavy atom. The van der Waals surface area contributed by atoms with E-state index in [2.05, 4.69) is 16.7 Å². The normalized spacial score (nSPS) is 11.6. The fraction of sp³-hybridized carbons (Fsp3) is 0.200. The molecule has 0 bridgehead atoms. The molecule has 33 heavy (non-hydrogen) atoms. The number of aromatic nitrogens is 3. The molecule has 0 fully saturated rings. The summed E-state index contributed by atoms with van der Waals surface area (Å²) in [6, 6.07) is 14.8. The lowest BCUT2D eigenvalue weighted by Crippen LogP contribution is -2.28. The summed E-state index contributed by atoms with van der Waals surface area (Å²) in [5.74, 6) is 1.49. The first-order valence-corrected chi connectivity index (χ1v) is 11.4. The molecule has 8 heteroatoms. The first-order chi connectivity index (χ1) is 16.1. The minimum absolute atomic E-state index is 0.222. The minimum atomic E-state index is -0.433. The molecule has 0 saturated heterocycles. The summed E-state index contributed by atoms with van der Waals surface area (Å²) < 4.78 is 12.7. The topological polar surface area (TPSA) is 82.8 Å². The molecule has 0 aliphatic heterocycles. The molecule has 4 rings (SSSR count). The first-order valence-electron chi connectivity index (χ1n) is 10.6. The van der Waals surface area contributed by atoms with Gasteiger partial charge in [0.2, 0.25) is 4.96 Å². The maximum atomic E-state index is 12.9. The van der Waals surface area contributed by atoms with E-state index in [1.807, 2.05) is 55.5 Å². The summed E-state index contributed by atoms with van der Waals surface area (Å²) >= 11 is 1.14. The minimum Gasteiger partial charge on any atom is -0.494 e. The van der Waals surface area contributed by atoms with Crippen molar-refractivity contribution in [2.24, 2.45) is 0 Å². The van der Waals surface area contributed by atoms with Crippen molar-refractivity contribution in [1.29, 1.82) is 0 Å². The second kappa shape index (κ2) is 10.2. The average molecular weight is 462 g/mol. The van der Waals surface area contributed by atoms with Gasteiger partial charge in [-0.1, -0.05) is 55.2 Å². The first kappa shape index (κ1) is 22.4. The van der Waals surface area contributed by atoms with Crippen LogP contribution in [0.25, 0.3) is 11.0 Å². The van der Waals surface area contributed by atoms with Gasteiger partial charge in [0.25, 0.3) is 11.1 Å². The number of nitrogens with zero attached hydrogens (tertiary/aromatic N) is 3. The summed E-state index contributed by atoms with van der Waals surface area (Å²) in [5.41, 5.74) is 1.20. The van der Waals surface area contributed by atoms with Crippen molar-refractivity contribution in [3.8, 4) is 11.5 Å². The van der Waals surface area contributed by atoms with Gasteiger partial charge in [0.15, 0.2) is 0 Å². The lowest BCUT2D eigenvalue weighted by Gasteiger charge is -2.05. The molecule has 0 aliphatic rings. The zero-order chi connectivity index (χ0) is 23.2. The Kier molecular flexibility index (Phi) is 6.95. The van der Waals surface area contributed by atoms with Gasteiger partial charge in [-0.15, -0.1) is 0 Å². The van der Waals surface area contributed by atoms with Gasteiger partial charge in [-0.25, -0.2) is 0 Å². The maximum absolute atomic E-state index is 12.9. The number of hydrogen-bond acceptors (Lipinski definition) is 7. The zero-order valence-electron chi connectivity index (χ0n) is 18.2. The lowest BCUT2D eigenvalue weighted by atomic mass is 10.1. The highest BCUT2D eigenvalue weighted by Gasteiger charge is 2.12. The van der Waals surface area contributed by atoms with Crippen LogP contribution in [0.5, 0.6) is 11.5 Å². The summed E-state index contributed by atoms with van der Waals surface area (Å²) in [4.78, 5) is 29.8. The number of thiazole rings is 1. The fourth-order valence-corrected chi connectivity index (χ4v) is 4.04. The van der Waals surface area contributed by atoms with Crippen molar-refractivity contribution in [2.75, 3.05) is 13.2 Å². The van der Waals surface area contributed by atoms with E-state index in [-0.39, 0.29) is 22.6 Å². The summed E-state index contributed by atoms with van der Waals surface area (Å²) in [7, 11) is 0. The lowest BCUT2D eigenvalue weighted by molar-refractivity contribution is 0.317. The smallest absolute Gasteiger partial charge is 0.296 e. The molecule has 168 valence electrons. The molecule has 0 unspecified atom stereocenters. The van der Waals surface area contributed by atoms with Crippen LogP contribution in [0.1, 0.15) is 30.2 Å². The van der Waals surface area contributed by atoms with Crippen LogP contribution >= 0.6 is 11.3 Å². The Balaban J connectivity index is 1.60. The van der Waals surface area contributed by atoms with Crippen molar-refractivity contribution in [1.82, 2.24) is 14.6 Å². The van der Waals surface area contributed by atoms with Crippen LogP contribution in [0.4, 0.5) is 0 Å². The second-order valence-corrected chi connectivity index (χ2v) is 8.32. The third-order valence-corrected chi connectivity index (χ3v) is 5.72. The highest BCUT2D eigenvalue weighted by Crippen LogP contribution is 2.15. The molecule has 0 aliphatic carbocycles. The maximum Gasteiger partial charge on any atom is 0.296 e. The van der Waals surface area contributed by atoms with Crippen molar-refractivity contribution < 1.29 is 9.47 Å². The standard InChI is InChI=1S/C25H23N3O4S/c1-3-13-31-19-9-5-17(6-10-19)15-21-23(29)26-25-28(27-21)24(30)22(33-25)16-18-7-11-20(12-8-18)32-14-4-2/h4-12,16H,2-3,13-15H2,1H3/b22-16-. The van der Waals surface area contributed by atoms with Crippen LogP contribution < -0.4 is 25.1 Å². The van der Waals surface area contributed by atoms with Crippen molar-refractivity contribution in [3.63, 3.8) is 0 Å². The van der Waals surface area contributed by atoms with Gasteiger partial charge in [-0.05, 0) is 47.9 Å². The number of benzene rings is 2. The number of fused-ring (bicyclic) bond motifs is 1. The monoisotopic (exact) mass is 461 g/mol. The Hall–Kier alpha value is -3.78. The Labute approximate surface area is 194 Å². The van der Waals surface area contributed by atoms with E-state index in [0.29, 0.717) is 23.5 Å². The van der Waals surface area contributed by atoms with Gasteiger partial charge in [0.05, 0.1) is 11.1 Å². The SMILES string of the molecule is C=CCOc1ccc(/C=c2\sc3nc(=O)c(Cc4ccc(OCCC)cc4)nn3c2=O)cc1. The Morgan fingerprint density at radius 1 is 1.03 bits per heavy atom. The van der Waals surface area contributed by atoms with Crippen LogP contribution in [0.3, 0.4) is 0 Å². The summed E-state index contributed by atoms with van der Waals surface area (Å²) in [5, 5.41) is 4.31. The molecule has 2 aromatic heterocycles. The molecule has 0 amide bonds. The third-order valence-electron chi connectivity index (χ3n) is 4.76. The van der Waals surface area contributed by atoms with E-state index in [4.69, 9.17) is 9.47 Å². The summed E-state index contributed by atoms with van der Waals surface area (Å²) in [6.45, 7) is 6.75. The largest absolute Gasteiger partial charge is 0.494 e. The van der Waals surface area contributed by atoms with Gasteiger partial charge < -0.3 is 9.47 Å². The molecule has 0 atom stereocenters. The van der Waals surface area contributed by atoms with Gasteiger partial charge >= 0.3 is 0 Å². The summed E-state index contributed by atoms with van der Waals surface area (Å²) in [6.07, 6.45) is 4.64. The predicted octanol–water partition coefficient (Wildman–Crippen LogP) is 3.00. The molecule has 0 radical (unpaired) electrons. The van der Waals surface area contributed by atoms with E-state index in [1.165, 1.54) is 4.52 Å². The number of ether oxygens (including phenoxy) is 2. The Bertz CT molecular complexity index is 1420. The van der Waals surface area contributed by atoms with Crippen LogP contribution in [0.2, 0.25) is 0 Å². The van der Waals surface area contributed by atoms with Crippen LogP contribution in [0.15, 0.2) is 70.8 Å². The van der Waals surface area contributed by atoms with Gasteiger partial charge in [-0.3, -0.25) is 9.59 Å². The number of rotatable bonds is 9. The van der Waals surface area contributed by atoms with Crippen molar-refractivity contribution >= 4 is 22.4 Å². The number of hydrogen-bond donors (Lipinski definition) is 0. The molecule has 0 saturated carbocycles. The molecule has 0 spiro atoms. The van der Waals surface area contributed by atoms with Crippen molar-refractivity contribution in [3.05, 3.63) is 103 Å². The predicted molar refractivity (Wildman–Crippen MR) is 129 cm³/mol. The highest BCUT2D eigenvalue weighted by molar-refractivity contribution is 7.15. The van der Waals surface area contributed by atoms with Crippen LogP contribution in [-0.4, -0.2) is 27.8 Å². The van der Waals surface area contributed by atoms with Gasteiger partial charge in [-0.2, -0.15) is 14.6 Å². The molecule has 4 aromatic rings. The quantitative estimate of drug-likeness (QED) is 0.357. The molecule has 2 aromatic carbocycles. The van der Waals surface area contributed by atoms with E-state index in [9.17, 15) is 9.59 Å². The van der Waals surface area contributed by atoms with E-state index >= 15 is 0 Å². The highest BCUT2D eigenvalue weighted by atomic mass is 32.1.